The molecule has 0 aromatic carbocycles. The number of amides is 1. The molecule has 1 rings (SSSR count). The van der Waals surface area contributed by atoms with E-state index in [0.29, 0.717) is 57.0 Å². The van der Waals surface area contributed by atoms with Gasteiger partial charge in [0.2, 0.25) is 0 Å². The van der Waals surface area contributed by atoms with Gasteiger partial charge in [-0.25, -0.2) is 9.46 Å². The molecule has 0 saturated heterocycles. The Kier molecular flexibility index (Phi) is 14.8. The average molecular weight is 470 g/mol. The van der Waals surface area contributed by atoms with Gasteiger partial charge in [-0.3, -0.25) is 0 Å². The van der Waals surface area contributed by atoms with Crippen LogP contribution in [0.15, 0.2) is 12.7 Å². The third-order valence-electron chi connectivity index (χ3n) is 5.70. The highest BCUT2D eigenvalue weighted by Gasteiger charge is 2.48. The molecule has 1 aliphatic carbocycles. The number of carbonyl (C=O) groups is 1. The second-order valence-corrected chi connectivity index (χ2v) is 10.4. The highest BCUT2D eigenvalue weighted by atomic mass is 31.2. The number of nitrogens with zero attached hydrogens (tertiary/aromatic N) is 2. The lowest BCUT2D eigenvalue weighted by atomic mass is 10.1. The molecule has 1 aliphatic rings. The van der Waals surface area contributed by atoms with Crippen molar-refractivity contribution >= 4 is 14.6 Å². The molecule has 4 unspecified atom stereocenters. The molecule has 0 aliphatic heterocycles. The van der Waals surface area contributed by atoms with Crippen molar-refractivity contribution in [2.75, 3.05) is 26.4 Å². The van der Waals surface area contributed by atoms with Crippen molar-refractivity contribution in [3.8, 4) is 6.07 Å². The third-order valence-corrected chi connectivity index (χ3v) is 7.80. The Hall–Kier alpha value is -1.19. The number of hydrogen-bond donors (Lipinski definition) is 1. The molecule has 184 valence electrons. The van der Waals surface area contributed by atoms with Crippen LogP contribution >= 0.6 is 8.53 Å². The van der Waals surface area contributed by atoms with E-state index in [-0.39, 0.29) is 18.2 Å². The summed E-state index contributed by atoms with van der Waals surface area (Å²) in [7, 11) is -1.24. The van der Waals surface area contributed by atoms with Crippen molar-refractivity contribution < 1.29 is 18.6 Å². The van der Waals surface area contributed by atoms with Gasteiger partial charge in [-0.1, -0.05) is 25.8 Å². The first kappa shape index (κ1) is 28.8. The second kappa shape index (κ2) is 16.4. The molecule has 7 nitrogen and oxygen atoms in total. The average Bonchev–Trinajstić information content (AvgIpc) is 3.40. The van der Waals surface area contributed by atoms with E-state index in [0.717, 1.165) is 12.8 Å². The van der Waals surface area contributed by atoms with E-state index in [2.05, 4.69) is 57.3 Å². The van der Waals surface area contributed by atoms with E-state index in [9.17, 15) is 4.79 Å². The number of ether oxygens (including phenoxy) is 1. The van der Waals surface area contributed by atoms with Gasteiger partial charge in [0.1, 0.15) is 0 Å². The minimum atomic E-state index is -1.24. The summed E-state index contributed by atoms with van der Waals surface area (Å²) in [5.74, 6) is 1.85. The summed E-state index contributed by atoms with van der Waals surface area (Å²) in [4.78, 5) is 12.1. The van der Waals surface area contributed by atoms with Crippen molar-refractivity contribution in [3.63, 3.8) is 0 Å². The number of alkyl carbamates (subject to hydrolysis) is 1. The van der Waals surface area contributed by atoms with Crippen molar-refractivity contribution in [3.05, 3.63) is 12.7 Å². The first-order valence-electron chi connectivity index (χ1n) is 12.1. The Bertz CT molecular complexity index is 574. The molecular formula is C24H44N3O4P. The molecular weight excluding hydrogens is 425 g/mol. The zero-order valence-corrected chi connectivity index (χ0v) is 21.6. The molecule has 32 heavy (non-hydrogen) atoms. The van der Waals surface area contributed by atoms with Crippen LogP contribution < -0.4 is 5.32 Å². The number of allylic oxidation sites excluding steroid dienone is 1. The predicted octanol–water partition coefficient (Wildman–Crippen LogP) is 6.02. The lowest BCUT2D eigenvalue weighted by Crippen LogP contribution is -2.34. The second-order valence-electron chi connectivity index (χ2n) is 8.90. The van der Waals surface area contributed by atoms with Crippen molar-refractivity contribution in [1.82, 2.24) is 9.99 Å². The van der Waals surface area contributed by atoms with Crippen molar-refractivity contribution in [2.45, 2.75) is 85.2 Å². The summed E-state index contributed by atoms with van der Waals surface area (Å²) in [5, 5.41) is 11.6. The fraction of sp³-hybridized carbons (Fsp3) is 0.833. The van der Waals surface area contributed by atoms with Gasteiger partial charge in [0, 0.05) is 18.6 Å². The predicted molar refractivity (Wildman–Crippen MR) is 130 cm³/mol. The van der Waals surface area contributed by atoms with Crippen LogP contribution in [0.5, 0.6) is 0 Å². The Morgan fingerprint density at radius 2 is 1.81 bits per heavy atom. The first-order chi connectivity index (χ1) is 15.4. The zero-order chi connectivity index (χ0) is 23.9. The van der Waals surface area contributed by atoms with E-state index >= 15 is 0 Å². The van der Waals surface area contributed by atoms with E-state index in [4.69, 9.17) is 19.0 Å². The molecule has 0 aromatic rings. The Labute approximate surface area is 196 Å². The standard InChI is InChI=1S/C24H44N3O4P/c1-7-9-13-22-21(12-8-2)23(22)18-29-24(28)26-15-11-17-31-32(30-16-10-14-25)27(19(3)4)20(5)6/h7,19-23H,1,8-13,15-18H2,2-6H3,(H,26,28). The van der Waals surface area contributed by atoms with Crippen LogP contribution in [0.1, 0.15) is 73.1 Å². The Balaban J connectivity index is 2.30. The van der Waals surface area contributed by atoms with E-state index in [1.807, 2.05) is 6.08 Å². The summed E-state index contributed by atoms with van der Waals surface area (Å²) < 4.78 is 19.5. The number of nitrogens with one attached hydrogen (secondary N) is 1. The molecule has 0 aromatic heterocycles. The van der Waals surface area contributed by atoms with Gasteiger partial charge in [0.25, 0.3) is 8.53 Å². The van der Waals surface area contributed by atoms with Gasteiger partial charge in [0.15, 0.2) is 0 Å². The minimum absolute atomic E-state index is 0.269. The van der Waals surface area contributed by atoms with Gasteiger partial charge in [-0.2, -0.15) is 5.26 Å². The van der Waals surface area contributed by atoms with Crippen LogP contribution in [0.2, 0.25) is 0 Å². The highest BCUT2D eigenvalue weighted by Crippen LogP contribution is 2.52. The van der Waals surface area contributed by atoms with Gasteiger partial charge in [0.05, 0.1) is 32.3 Å². The number of carbonyl (C=O) groups excluding carboxylic acids is 1. The normalized spacial score (nSPS) is 20.9. The van der Waals surface area contributed by atoms with Crippen LogP contribution in [0.3, 0.4) is 0 Å². The molecule has 1 N–H and O–H groups in total. The largest absolute Gasteiger partial charge is 0.449 e. The maximum atomic E-state index is 12.1. The van der Waals surface area contributed by atoms with Crippen LogP contribution in [-0.4, -0.2) is 49.2 Å². The van der Waals surface area contributed by atoms with Crippen molar-refractivity contribution in [2.24, 2.45) is 17.8 Å². The summed E-state index contributed by atoms with van der Waals surface area (Å²) in [6.45, 7) is 16.3. The van der Waals surface area contributed by atoms with Gasteiger partial charge in [-0.05, 0) is 64.7 Å². The summed E-state index contributed by atoms with van der Waals surface area (Å²) in [6.07, 6.45) is 7.18. The quantitative estimate of drug-likeness (QED) is 0.150. The topological polar surface area (TPSA) is 83.8 Å². The fourth-order valence-corrected chi connectivity index (χ4v) is 5.84. The molecule has 8 heteroatoms. The van der Waals surface area contributed by atoms with E-state index < -0.39 is 8.53 Å². The molecule has 0 radical (unpaired) electrons. The third kappa shape index (κ3) is 10.6. The molecule has 0 bridgehead atoms. The smallest absolute Gasteiger partial charge is 0.407 e. The van der Waals surface area contributed by atoms with Crippen LogP contribution in [0, 0.1) is 29.1 Å². The maximum absolute atomic E-state index is 12.1. The minimum Gasteiger partial charge on any atom is -0.449 e. The monoisotopic (exact) mass is 469 g/mol. The zero-order valence-electron chi connectivity index (χ0n) is 20.7. The van der Waals surface area contributed by atoms with Gasteiger partial charge < -0.3 is 19.1 Å². The summed E-state index contributed by atoms with van der Waals surface area (Å²) in [5.41, 5.74) is 0. The van der Waals surface area contributed by atoms with Gasteiger partial charge >= 0.3 is 6.09 Å². The van der Waals surface area contributed by atoms with E-state index in [1.54, 1.807) is 0 Å². The number of nitriles is 1. The molecule has 4 atom stereocenters. The number of rotatable bonds is 18. The molecule has 1 amide bonds. The summed E-state index contributed by atoms with van der Waals surface area (Å²) >= 11 is 0. The molecule has 0 spiro atoms. The van der Waals surface area contributed by atoms with Gasteiger partial charge in [-0.15, -0.1) is 6.58 Å². The highest BCUT2D eigenvalue weighted by molar-refractivity contribution is 7.44. The fourth-order valence-electron chi connectivity index (χ4n) is 4.21. The van der Waals surface area contributed by atoms with Crippen LogP contribution in [0.4, 0.5) is 4.79 Å². The molecule has 1 saturated carbocycles. The summed E-state index contributed by atoms with van der Waals surface area (Å²) in [6, 6.07) is 2.64. The van der Waals surface area contributed by atoms with E-state index in [1.165, 1.54) is 12.8 Å². The molecule has 1 fully saturated rings. The maximum Gasteiger partial charge on any atom is 0.407 e. The number of hydrogen-bond acceptors (Lipinski definition) is 6. The SMILES string of the molecule is C=CCCC1C(CCC)C1COC(=O)NCCCOP(OCCC#N)N(C(C)C)C(C)C. The Morgan fingerprint density at radius 3 is 2.41 bits per heavy atom. The van der Waals surface area contributed by atoms with Crippen molar-refractivity contribution in [1.29, 1.82) is 5.26 Å². The van der Waals surface area contributed by atoms with Crippen LogP contribution in [-0.2, 0) is 13.8 Å². The lowest BCUT2D eigenvalue weighted by molar-refractivity contribution is 0.136. The lowest BCUT2D eigenvalue weighted by Gasteiger charge is -2.35. The Morgan fingerprint density at radius 1 is 1.16 bits per heavy atom. The van der Waals surface area contributed by atoms with Crippen LogP contribution in [0.25, 0.3) is 0 Å². The molecule has 0 heterocycles. The first-order valence-corrected chi connectivity index (χ1v) is 13.2.